The second kappa shape index (κ2) is 8.14. The Labute approximate surface area is 143 Å². The molecular formula is C16H18FN3O3S. The molecule has 1 aliphatic heterocycles. The van der Waals surface area contributed by atoms with Crippen LogP contribution in [0.2, 0.25) is 0 Å². The molecule has 1 N–H and O–H groups in total. The molecular weight excluding hydrogens is 333 g/mol. The van der Waals surface area contributed by atoms with Gasteiger partial charge in [0, 0.05) is 5.92 Å². The van der Waals surface area contributed by atoms with E-state index < -0.39 is 5.82 Å². The minimum atomic E-state index is -0.502. The molecule has 1 aromatic carbocycles. The Bertz CT molecular complexity index is 689. The number of aromatic nitrogens is 2. The van der Waals surface area contributed by atoms with Gasteiger partial charge in [-0.05, 0) is 36.5 Å². The first-order valence-electron chi connectivity index (χ1n) is 7.76. The number of ether oxygens (including phenoxy) is 1. The monoisotopic (exact) mass is 351 g/mol. The van der Waals surface area contributed by atoms with E-state index in [1.54, 1.807) is 12.1 Å². The highest BCUT2D eigenvalue weighted by Crippen LogP contribution is 2.29. The lowest BCUT2D eigenvalue weighted by molar-refractivity contribution is -0.123. The summed E-state index contributed by atoms with van der Waals surface area (Å²) in [6.07, 6.45) is 2.10. The molecule has 3 rings (SSSR count). The van der Waals surface area contributed by atoms with Crippen LogP contribution in [-0.4, -0.2) is 34.2 Å². The molecule has 24 heavy (non-hydrogen) atoms. The molecule has 1 aliphatic rings. The number of halogens is 1. The molecule has 128 valence electrons. The van der Waals surface area contributed by atoms with Gasteiger partial charge in [0.15, 0.2) is 24.0 Å². The Balaban J connectivity index is 1.44. The van der Waals surface area contributed by atoms with Crippen LogP contribution in [0.1, 0.15) is 30.5 Å². The molecule has 6 nitrogen and oxygen atoms in total. The van der Waals surface area contributed by atoms with Crippen molar-refractivity contribution in [3.8, 4) is 5.75 Å². The van der Waals surface area contributed by atoms with Crippen molar-refractivity contribution in [1.82, 2.24) is 15.5 Å². The quantitative estimate of drug-likeness (QED) is 0.862. The Morgan fingerprint density at radius 2 is 2.17 bits per heavy atom. The van der Waals surface area contributed by atoms with Crippen molar-refractivity contribution in [3.63, 3.8) is 0 Å². The fraction of sp³-hybridized carbons (Fsp3) is 0.438. The minimum Gasteiger partial charge on any atom is -0.481 e. The lowest BCUT2D eigenvalue weighted by atomic mass is 10.0. The number of para-hydroxylation sites is 1. The predicted molar refractivity (Wildman–Crippen MR) is 87.3 cm³/mol. The highest BCUT2D eigenvalue weighted by atomic mass is 32.2. The van der Waals surface area contributed by atoms with Crippen LogP contribution >= 0.6 is 11.8 Å². The van der Waals surface area contributed by atoms with Gasteiger partial charge in [0.2, 0.25) is 5.89 Å². The Morgan fingerprint density at radius 3 is 2.96 bits per heavy atom. The lowest BCUT2D eigenvalue weighted by Gasteiger charge is -2.17. The average Bonchev–Trinajstić information content (AvgIpc) is 3.09. The highest BCUT2D eigenvalue weighted by molar-refractivity contribution is 7.99. The van der Waals surface area contributed by atoms with Gasteiger partial charge in [-0.25, -0.2) is 4.39 Å². The number of carbonyl (C=O) groups excluding carboxylic acids is 1. The maximum absolute atomic E-state index is 13.4. The molecule has 1 amide bonds. The minimum absolute atomic E-state index is 0.0443. The predicted octanol–water partition coefficient (Wildman–Crippen LogP) is 2.51. The first-order chi connectivity index (χ1) is 11.7. The van der Waals surface area contributed by atoms with Crippen LogP contribution in [-0.2, 0) is 11.3 Å². The third-order valence-electron chi connectivity index (χ3n) is 3.70. The SMILES string of the molecule is O=C(COc1ccccc1F)NCc1nc(C2CCSCC2)no1. The molecule has 8 heteroatoms. The molecule has 1 fully saturated rings. The Kier molecular flexibility index (Phi) is 5.68. The molecule has 0 atom stereocenters. The van der Waals surface area contributed by atoms with Gasteiger partial charge in [0.1, 0.15) is 0 Å². The van der Waals surface area contributed by atoms with Crippen LogP contribution in [0.15, 0.2) is 28.8 Å². The van der Waals surface area contributed by atoms with Crippen molar-refractivity contribution in [2.45, 2.75) is 25.3 Å². The fourth-order valence-electron chi connectivity index (χ4n) is 2.39. The molecule has 2 heterocycles. The Morgan fingerprint density at radius 1 is 1.38 bits per heavy atom. The van der Waals surface area contributed by atoms with E-state index in [1.807, 2.05) is 11.8 Å². The number of carbonyl (C=O) groups is 1. The smallest absolute Gasteiger partial charge is 0.258 e. The van der Waals surface area contributed by atoms with Gasteiger partial charge in [-0.15, -0.1) is 0 Å². The van der Waals surface area contributed by atoms with E-state index in [1.165, 1.54) is 12.1 Å². The second-order valence-electron chi connectivity index (χ2n) is 5.43. The maximum Gasteiger partial charge on any atom is 0.258 e. The third-order valence-corrected chi connectivity index (χ3v) is 4.75. The van der Waals surface area contributed by atoms with Crippen molar-refractivity contribution in [3.05, 3.63) is 41.8 Å². The standard InChI is InChI=1S/C16H18FN3O3S/c17-12-3-1-2-4-13(12)22-10-14(21)18-9-15-19-16(20-23-15)11-5-7-24-8-6-11/h1-4,11H,5-10H2,(H,18,21). The van der Waals surface area contributed by atoms with Crippen molar-refractivity contribution in [2.75, 3.05) is 18.1 Å². The molecule has 0 bridgehead atoms. The molecule has 1 saturated heterocycles. The number of nitrogens with one attached hydrogen (secondary N) is 1. The van der Waals surface area contributed by atoms with Crippen LogP contribution in [0.5, 0.6) is 5.75 Å². The molecule has 1 aromatic heterocycles. The molecule has 0 saturated carbocycles. The van der Waals surface area contributed by atoms with Crippen LogP contribution in [0.3, 0.4) is 0 Å². The zero-order valence-electron chi connectivity index (χ0n) is 13.0. The van der Waals surface area contributed by atoms with Crippen molar-refractivity contribution < 1.29 is 18.4 Å². The highest BCUT2D eigenvalue weighted by Gasteiger charge is 2.21. The number of rotatable bonds is 6. The number of hydrogen-bond acceptors (Lipinski definition) is 6. The summed E-state index contributed by atoms with van der Waals surface area (Å²) in [5, 5.41) is 6.61. The fourth-order valence-corrected chi connectivity index (χ4v) is 3.50. The largest absolute Gasteiger partial charge is 0.481 e. The third kappa shape index (κ3) is 4.47. The van der Waals surface area contributed by atoms with E-state index in [-0.39, 0.29) is 24.8 Å². The van der Waals surface area contributed by atoms with Crippen LogP contribution < -0.4 is 10.1 Å². The van der Waals surface area contributed by atoms with Crippen molar-refractivity contribution in [2.24, 2.45) is 0 Å². The van der Waals surface area contributed by atoms with Crippen LogP contribution in [0.4, 0.5) is 4.39 Å². The lowest BCUT2D eigenvalue weighted by Crippen LogP contribution is -2.28. The van der Waals surface area contributed by atoms with E-state index in [4.69, 9.17) is 9.26 Å². The molecule has 0 spiro atoms. The topological polar surface area (TPSA) is 77.2 Å². The van der Waals surface area contributed by atoms with Crippen molar-refractivity contribution in [1.29, 1.82) is 0 Å². The summed E-state index contributed by atoms with van der Waals surface area (Å²) in [5.74, 6) is 2.79. The van der Waals surface area contributed by atoms with Gasteiger partial charge in [0.25, 0.3) is 5.91 Å². The zero-order valence-corrected chi connectivity index (χ0v) is 13.9. The summed E-state index contributed by atoms with van der Waals surface area (Å²) < 4.78 is 23.7. The van der Waals surface area contributed by atoms with Gasteiger partial charge in [0.05, 0.1) is 6.54 Å². The van der Waals surface area contributed by atoms with E-state index in [2.05, 4.69) is 15.5 Å². The van der Waals surface area contributed by atoms with E-state index in [0.29, 0.717) is 17.6 Å². The second-order valence-corrected chi connectivity index (χ2v) is 6.65. The van der Waals surface area contributed by atoms with Gasteiger partial charge in [-0.2, -0.15) is 16.7 Å². The van der Waals surface area contributed by atoms with Gasteiger partial charge in [-0.1, -0.05) is 17.3 Å². The van der Waals surface area contributed by atoms with E-state index >= 15 is 0 Å². The number of amides is 1. The van der Waals surface area contributed by atoms with Gasteiger partial charge >= 0.3 is 0 Å². The summed E-state index contributed by atoms with van der Waals surface area (Å²) in [6, 6.07) is 5.94. The zero-order chi connectivity index (χ0) is 16.8. The first kappa shape index (κ1) is 16.8. The Hall–Kier alpha value is -2.09. The van der Waals surface area contributed by atoms with Gasteiger partial charge < -0.3 is 14.6 Å². The summed E-state index contributed by atoms with van der Waals surface area (Å²) in [4.78, 5) is 16.1. The van der Waals surface area contributed by atoms with E-state index in [9.17, 15) is 9.18 Å². The maximum atomic E-state index is 13.4. The van der Waals surface area contributed by atoms with Crippen LogP contribution in [0, 0.1) is 5.82 Å². The summed E-state index contributed by atoms with van der Waals surface area (Å²) in [7, 11) is 0. The molecule has 0 unspecified atom stereocenters. The summed E-state index contributed by atoms with van der Waals surface area (Å²) in [5.41, 5.74) is 0. The molecule has 0 aliphatic carbocycles. The molecule has 2 aromatic rings. The number of hydrogen-bond donors (Lipinski definition) is 1. The summed E-state index contributed by atoms with van der Waals surface area (Å²) >= 11 is 1.94. The number of thioether (sulfide) groups is 1. The van der Waals surface area contributed by atoms with Gasteiger partial charge in [-0.3, -0.25) is 4.79 Å². The van der Waals surface area contributed by atoms with E-state index in [0.717, 1.165) is 24.3 Å². The first-order valence-corrected chi connectivity index (χ1v) is 8.92. The van der Waals surface area contributed by atoms with Crippen molar-refractivity contribution >= 4 is 17.7 Å². The number of nitrogens with zero attached hydrogens (tertiary/aromatic N) is 2. The summed E-state index contributed by atoms with van der Waals surface area (Å²) in [6.45, 7) is -0.143. The van der Waals surface area contributed by atoms with Crippen LogP contribution in [0.25, 0.3) is 0 Å². The average molecular weight is 351 g/mol. The normalized spacial score (nSPS) is 15.2. The molecule has 0 radical (unpaired) electrons. The number of benzene rings is 1.